The number of carbonyl (C=O) groups is 1. The third-order valence-corrected chi connectivity index (χ3v) is 6.25. The van der Waals surface area contributed by atoms with Gasteiger partial charge in [0.15, 0.2) is 5.11 Å². The highest BCUT2D eigenvalue weighted by molar-refractivity contribution is 7.80. The van der Waals surface area contributed by atoms with Crippen LogP contribution in [0.15, 0.2) is 48.8 Å². The highest BCUT2D eigenvalue weighted by Gasteiger charge is 2.41. The highest BCUT2D eigenvalue weighted by Crippen LogP contribution is 2.41. The van der Waals surface area contributed by atoms with Crippen molar-refractivity contribution in [2.45, 2.75) is 39.3 Å². The zero-order chi connectivity index (χ0) is 22.8. The molecule has 166 valence electrons. The van der Waals surface area contributed by atoms with Crippen LogP contribution in [0.3, 0.4) is 0 Å². The van der Waals surface area contributed by atoms with E-state index in [9.17, 15) is 4.79 Å². The molecule has 4 rings (SSSR count). The Balaban J connectivity index is 1.80. The summed E-state index contributed by atoms with van der Waals surface area (Å²) in [7, 11) is 1.40. The molecule has 8 heteroatoms. The van der Waals surface area contributed by atoms with Gasteiger partial charge in [-0.05, 0) is 74.4 Å². The summed E-state index contributed by atoms with van der Waals surface area (Å²) >= 11 is 5.69. The molecule has 3 aromatic heterocycles. The van der Waals surface area contributed by atoms with Crippen molar-refractivity contribution < 1.29 is 9.53 Å². The molecule has 0 amide bonds. The Hall–Kier alpha value is -3.26. The molecule has 0 spiro atoms. The molecule has 0 bridgehead atoms. The first kappa shape index (κ1) is 22.0. The van der Waals surface area contributed by atoms with Crippen LogP contribution in [-0.2, 0) is 9.53 Å². The normalized spacial score (nSPS) is 18.0. The second kappa shape index (κ2) is 9.08. The summed E-state index contributed by atoms with van der Waals surface area (Å²) in [5, 5.41) is 4.04. The number of aryl methyl sites for hydroxylation is 2. The van der Waals surface area contributed by atoms with Gasteiger partial charge in [0, 0.05) is 30.3 Å². The third kappa shape index (κ3) is 4.10. The maximum atomic E-state index is 11.9. The summed E-state index contributed by atoms with van der Waals surface area (Å²) < 4.78 is 7.02. The molecule has 1 N–H and O–H groups in total. The van der Waals surface area contributed by atoms with Crippen LogP contribution in [0, 0.1) is 20.8 Å². The minimum Gasteiger partial charge on any atom is -0.469 e. The first-order chi connectivity index (χ1) is 15.4. The summed E-state index contributed by atoms with van der Waals surface area (Å²) in [6, 6.07) is 11.9. The summed E-state index contributed by atoms with van der Waals surface area (Å²) in [5.74, 6) is 0.623. The summed E-state index contributed by atoms with van der Waals surface area (Å²) in [6.45, 7) is 6.70. The standard InChI is InChI=1S/C24H27N5O2S/c1-15-8-11-26-20(13-15)29-16(2)14-18(17(29)3)23-22(19-7-5-6-10-25-19)27-24(32)28(23)12-9-21(30)31-4/h5-8,10-11,13-14,22-23H,9,12H2,1-4H3,(H,27,32)/t22-,23-/m1/s1. The molecule has 1 saturated heterocycles. The molecule has 4 heterocycles. The van der Waals surface area contributed by atoms with E-state index in [4.69, 9.17) is 17.0 Å². The number of ether oxygens (including phenoxy) is 1. The maximum Gasteiger partial charge on any atom is 0.307 e. The van der Waals surface area contributed by atoms with Crippen molar-refractivity contribution in [2.75, 3.05) is 13.7 Å². The van der Waals surface area contributed by atoms with Gasteiger partial charge < -0.3 is 19.5 Å². The zero-order valence-electron chi connectivity index (χ0n) is 18.7. The van der Waals surface area contributed by atoms with E-state index in [-0.39, 0.29) is 24.5 Å². The van der Waals surface area contributed by atoms with E-state index in [1.807, 2.05) is 30.5 Å². The zero-order valence-corrected chi connectivity index (χ0v) is 19.5. The minimum absolute atomic E-state index is 0.119. The van der Waals surface area contributed by atoms with Crippen molar-refractivity contribution in [1.29, 1.82) is 0 Å². The summed E-state index contributed by atoms with van der Waals surface area (Å²) in [6.07, 6.45) is 3.87. The Kier molecular flexibility index (Phi) is 6.23. The molecular formula is C24H27N5O2S. The van der Waals surface area contributed by atoms with Crippen LogP contribution in [0.5, 0.6) is 0 Å². The number of thiocarbonyl (C=S) groups is 1. The number of aromatic nitrogens is 3. The second-order valence-corrected chi connectivity index (χ2v) is 8.39. The molecule has 1 aliphatic heterocycles. The molecule has 3 aromatic rings. The number of hydrogen-bond donors (Lipinski definition) is 1. The predicted molar refractivity (Wildman–Crippen MR) is 127 cm³/mol. The van der Waals surface area contributed by atoms with Gasteiger partial charge in [0.05, 0.1) is 31.3 Å². The van der Waals surface area contributed by atoms with Crippen molar-refractivity contribution in [3.05, 3.63) is 77.0 Å². The van der Waals surface area contributed by atoms with Gasteiger partial charge in [0.25, 0.3) is 0 Å². The van der Waals surface area contributed by atoms with E-state index in [1.54, 1.807) is 6.20 Å². The Labute approximate surface area is 193 Å². The Bertz CT molecular complexity index is 1140. The van der Waals surface area contributed by atoms with Crippen LogP contribution in [0.25, 0.3) is 5.82 Å². The topological polar surface area (TPSA) is 72.3 Å². The van der Waals surface area contributed by atoms with Crippen LogP contribution >= 0.6 is 12.2 Å². The van der Waals surface area contributed by atoms with Crippen LogP contribution < -0.4 is 5.32 Å². The number of carbonyl (C=O) groups excluding carboxylic acids is 1. The van der Waals surface area contributed by atoms with Crippen LogP contribution in [0.1, 0.15) is 46.7 Å². The number of esters is 1. The fraction of sp³-hybridized carbons (Fsp3) is 0.333. The molecule has 0 aliphatic carbocycles. The molecule has 2 atom stereocenters. The van der Waals surface area contributed by atoms with Crippen LogP contribution in [0.4, 0.5) is 0 Å². The maximum absolute atomic E-state index is 11.9. The fourth-order valence-electron chi connectivity index (χ4n) is 4.38. The molecule has 0 unspecified atom stereocenters. The van der Waals surface area contributed by atoms with Crippen molar-refractivity contribution in [3.63, 3.8) is 0 Å². The van der Waals surface area contributed by atoms with Crippen molar-refractivity contribution >= 4 is 23.3 Å². The van der Waals surface area contributed by atoms with Crippen LogP contribution in [0.2, 0.25) is 0 Å². The van der Waals surface area contributed by atoms with E-state index in [0.717, 1.165) is 34.0 Å². The largest absolute Gasteiger partial charge is 0.469 e. The second-order valence-electron chi connectivity index (χ2n) is 8.00. The van der Waals surface area contributed by atoms with E-state index >= 15 is 0 Å². The fourth-order valence-corrected chi connectivity index (χ4v) is 4.71. The first-order valence-corrected chi connectivity index (χ1v) is 11.0. The number of pyridine rings is 2. The predicted octanol–water partition coefficient (Wildman–Crippen LogP) is 3.73. The van der Waals surface area contributed by atoms with Gasteiger partial charge in [0.1, 0.15) is 5.82 Å². The third-order valence-electron chi connectivity index (χ3n) is 5.90. The van der Waals surface area contributed by atoms with Crippen molar-refractivity contribution in [2.24, 2.45) is 0 Å². The summed E-state index contributed by atoms with van der Waals surface area (Å²) in [4.78, 5) is 23.1. The van der Waals surface area contributed by atoms with Crippen LogP contribution in [-0.4, -0.2) is 44.2 Å². The Morgan fingerprint density at radius 3 is 2.66 bits per heavy atom. The SMILES string of the molecule is COC(=O)CCN1C(=S)N[C@H](c2ccccn2)[C@H]1c1cc(C)n(-c2cc(C)ccn2)c1C. The Morgan fingerprint density at radius 1 is 1.16 bits per heavy atom. The monoisotopic (exact) mass is 449 g/mol. The molecule has 0 radical (unpaired) electrons. The average Bonchev–Trinajstić information content (AvgIpc) is 3.27. The van der Waals surface area contributed by atoms with Gasteiger partial charge in [-0.15, -0.1) is 0 Å². The minimum atomic E-state index is -0.262. The number of methoxy groups -OCH3 is 1. The molecule has 0 saturated carbocycles. The van der Waals surface area contributed by atoms with Gasteiger partial charge >= 0.3 is 5.97 Å². The van der Waals surface area contributed by atoms with Gasteiger partial charge in [-0.25, -0.2) is 4.98 Å². The lowest BCUT2D eigenvalue weighted by Crippen LogP contribution is -2.32. The molecule has 1 aliphatic rings. The van der Waals surface area contributed by atoms with E-state index in [0.29, 0.717) is 11.7 Å². The number of nitrogens with one attached hydrogen (secondary N) is 1. The lowest BCUT2D eigenvalue weighted by molar-refractivity contribution is -0.140. The molecule has 1 fully saturated rings. The lowest BCUT2D eigenvalue weighted by Gasteiger charge is -2.27. The number of rotatable bonds is 6. The average molecular weight is 450 g/mol. The first-order valence-electron chi connectivity index (χ1n) is 10.6. The van der Waals surface area contributed by atoms with Crippen molar-refractivity contribution in [3.8, 4) is 5.82 Å². The highest BCUT2D eigenvalue weighted by atomic mass is 32.1. The van der Waals surface area contributed by atoms with Crippen molar-refractivity contribution in [1.82, 2.24) is 24.8 Å². The molecular weight excluding hydrogens is 422 g/mol. The van der Waals surface area contributed by atoms with Gasteiger partial charge in [-0.3, -0.25) is 9.78 Å². The van der Waals surface area contributed by atoms with E-state index in [2.05, 4.69) is 57.7 Å². The Morgan fingerprint density at radius 2 is 1.97 bits per heavy atom. The summed E-state index contributed by atoms with van der Waals surface area (Å²) in [5.41, 5.74) is 5.35. The van der Waals surface area contributed by atoms with Gasteiger partial charge in [0.2, 0.25) is 0 Å². The number of nitrogens with zero attached hydrogens (tertiary/aromatic N) is 4. The van der Waals surface area contributed by atoms with E-state index < -0.39 is 0 Å². The smallest absolute Gasteiger partial charge is 0.307 e. The van der Waals surface area contributed by atoms with E-state index in [1.165, 1.54) is 7.11 Å². The molecule has 0 aromatic carbocycles. The van der Waals surface area contributed by atoms with Gasteiger partial charge in [-0.1, -0.05) is 6.07 Å². The van der Waals surface area contributed by atoms with Gasteiger partial charge in [-0.2, -0.15) is 0 Å². The lowest BCUT2D eigenvalue weighted by atomic mass is 9.96. The molecule has 7 nitrogen and oxygen atoms in total. The molecule has 32 heavy (non-hydrogen) atoms. The number of hydrogen-bond acceptors (Lipinski definition) is 5. The quantitative estimate of drug-likeness (QED) is 0.454.